The van der Waals surface area contributed by atoms with Crippen molar-refractivity contribution in [2.24, 2.45) is 5.92 Å². The van der Waals surface area contributed by atoms with E-state index in [0.29, 0.717) is 25.0 Å². The number of hydrogen-bond acceptors (Lipinski definition) is 6. The van der Waals surface area contributed by atoms with Crippen LogP contribution in [0.25, 0.3) is 0 Å². The predicted molar refractivity (Wildman–Crippen MR) is 74.9 cm³/mol. The SMILES string of the molecule is CCOC(=O)C1CCCN(c2nc(C)cc(OC)n2)C1. The number of carbonyl (C=O) groups excluding carboxylic acids is 1. The van der Waals surface area contributed by atoms with Crippen LogP contribution in [0.3, 0.4) is 0 Å². The van der Waals surface area contributed by atoms with Gasteiger partial charge in [-0.3, -0.25) is 4.79 Å². The fourth-order valence-corrected chi connectivity index (χ4v) is 2.38. The van der Waals surface area contributed by atoms with Crippen molar-refractivity contribution >= 4 is 11.9 Å². The number of hydrogen-bond donors (Lipinski definition) is 0. The summed E-state index contributed by atoms with van der Waals surface area (Å²) in [4.78, 5) is 22.7. The number of anilines is 1. The van der Waals surface area contributed by atoms with E-state index in [-0.39, 0.29) is 11.9 Å². The smallest absolute Gasteiger partial charge is 0.310 e. The Morgan fingerprint density at radius 2 is 2.30 bits per heavy atom. The van der Waals surface area contributed by atoms with Crippen LogP contribution < -0.4 is 9.64 Å². The fourth-order valence-electron chi connectivity index (χ4n) is 2.38. The second kappa shape index (κ2) is 6.54. The molecule has 1 aromatic heterocycles. The van der Waals surface area contributed by atoms with Gasteiger partial charge in [-0.15, -0.1) is 0 Å². The molecule has 1 atom stereocenters. The summed E-state index contributed by atoms with van der Waals surface area (Å²) in [5.41, 5.74) is 0.852. The number of ether oxygens (including phenoxy) is 2. The van der Waals surface area contributed by atoms with E-state index in [9.17, 15) is 4.79 Å². The Bertz CT molecular complexity index is 479. The molecule has 6 heteroatoms. The number of esters is 1. The molecule has 6 nitrogen and oxygen atoms in total. The third-order valence-electron chi connectivity index (χ3n) is 3.35. The van der Waals surface area contributed by atoms with E-state index >= 15 is 0 Å². The summed E-state index contributed by atoms with van der Waals surface area (Å²) >= 11 is 0. The Morgan fingerprint density at radius 3 is 3.00 bits per heavy atom. The van der Waals surface area contributed by atoms with Crippen molar-refractivity contribution in [3.8, 4) is 5.88 Å². The van der Waals surface area contributed by atoms with E-state index in [0.717, 1.165) is 25.1 Å². The average Bonchev–Trinajstić information content (AvgIpc) is 2.47. The maximum Gasteiger partial charge on any atom is 0.310 e. The lowest BCUT2D eigenvalue weighted by molar-refractivity contribution is -0.148. The third kappa shape index (κ3) is 3.37. The highest BCUT2D eigenvalue weighted by Gasteiger charge is 2.28. The zero-order valence-corrected chi connectivity index (χ0v) is 12.3. The van der Waals surface area contributed by atoms with Crippen LogP contribution in [-0.4, -0.2) is 42.7 Å². The molecular formula is C14H21N3O3. The Balaban J connectivity index is 2.12. The van der Waals surface area contributed by atoms with Gasteiger partial charge in [-0.05, 0) is 26.7 Å². The van der Waals surface area contributed by atoms with Gasteiger partial charge in [-0.1, -0.05) is 0 Å². The molecule has 0 aromatic carbocycles. The van der Waals surface area contributed by atoms with E-state index in [1.54, 1.807) is 13.2 Å². The van der Waals surface area contributed by atoms with Gasteiger partial charge >= 0.3 is 5.97 Å². The number of carbonyl (C=O) groups is 1. The average molecular weight is 279 g/mol. The quantitative estimate of drug-likeness (QED) is 0.780. The largest absolute Gasteiger partial charge is 0.481 e. The van der Waals surface area contributed by atoms with Crippen molar-refractivity contribution in [3.63, 3.8) is 0 Å². The third-order valence-corrected chi connectivity index (χ3v) is 3.35. The second-order valence-electron chi connectivity index (χ2n) is 4.89. The first-order chi connectivity index (χ1) is 9.63. The molecule has 0 N–H and O–H groups in total. The van der Waals surface area contributed by atoms with Crippen LogP contribution in [0.1, 0.15) is 25.5 Å². The molecule has 1 fully saturated rings. The van der Waals surface area contributed by atoms with E-state index in [4.69, 9.17) is 9.47 Å². The Labute approximate surface area is 119 Å². The first-order valence-electron chi connectivity index (χ1n) is 6.95. The maximum absolute atomic E-state index is 11.9. The molecule has 1 aliphatic heterocycles. The van der Waals surface area contributed by atoms with E-state index in [2.05, 4.69) is 9.97 Å². The Morgan fingerprint density at radius 1 is 1.50 bits per heavy atom. The summed E-state index contributed by atoms with van der Waals surface area (Å²) in [6, 6.07) is 1.79. The first kappa shape index (κ1) is 14.6. The van der Waals surface area contributed by atoms with Crippen LogP contribution in [-0.2, 0) is 9.53 Å². The normalized spacial score (nSPS) is 18.8. The topological polar surface area (TPSA) is 64.5 Å². The molecule has 2 rings (SSSR count). The van der Waals surface area contributed by atoms with Crippen LogP contribution in [0.4, 0.5) is 5.95 Å². The second-order valence-corrected chi connectivity index (χ2v) is 4.89. The number of nitrogens with zero attached hydrogens (tertiary/aromatic N) is 3. The van der Waals surface area contributed by atoms with E-state index < -0.39 is 0 Å². The summed E-state index contributed by atoms with van der Waals surface area (Å²) in [6.07, 6.45) is 1.79. The molecule has 0 radical (unpaired) electrons. The fraction of sp³-hybridized carbons (Fsp3) is 0.643. The minimum Gasteiger partial charge on any atom is -0.481 e. The lowest BCUT2D eigenvalue weighted by Gasteiger charge is -2.31. The van der Waals surface area contributed by atoms with Gasteiger partial charge in [0.15, 0.2) is 0 Å². The van der Waals surface area contributed by atoms with Crippen molar-refractivity contribution in [1.82, 2.24) is 9.97 Å². The summed E-state index contributed by atoms with van der Waals surface area (Å²) in [5, 5.41) is 0. The maximum atomic E-state index is 11.9. The van der Waals surface area contributed by atoms with Crippen LogP contribution in [0, 0.1) is 12.8 Å². The van der Waals surface area contributed by atoms with Crippen LogP contribution in [0.5, 0.6) is 5.88 Å². The summed E-state index contributed by atoms with van der Waals surface area (Å²) in [6.45, 7) is 5.60. The molecule has 20 heavy (non-hydrogen) atoms. The van der Waals surface area contributed by atoms with Crippen molar-refractivity contribution in [3.05, 3.63) is 11.8 Å². The molecule has 1 aromatic rings. The molecule has 110 valence electrons. The number of aromatic nitrogens is 2. The van der Waals surface area contributed by atoms with Gasteiger partial charge in [0.1, 0.15) is 0 Å². The van der Waals surface area contributed by atoms with Crippen LogP contribution in [0.15, 0.2) is 6.07 Å². The number of methoxy groups -OCH3 is 1. The Kier molecular flexibility index (Phi) is 4.76. The molecule has 0 saturated carbocycles. The monoisotopic (exact) mass is 279 g/mol. The molecule has 0 aliphatic carbocycles. The van der Waals surface area contributed by atoms with Gasteiger partial charge < -0.3 is 14.4 Å². The standard InChI is InChI=1S/C14H21N3O3/c1-4-20-13(18)11-6-5-7-17(9-11)14-15-10(2)8-12(16-14)19-3/h8,11H,4-7,9H2,1-3H3. The van der Waals surface area contributed by atoms with E-state index in [1.165, 1.54) is 0 Å². The number of aryl methyl sites for hydroxylation is 1. The van der Waals surface area contributed by atoms with Crippen LogP contribution in [0.2, 0.25) is 0 Å². The first-order valence-corrected chi connectivity index (χ1v) is 6.95. The molecule has 0 bridgehead atoms. The van der Waals surface area contributed by atoms with Gasteiger partial charge in [0.25, 0.3) is 0 Å². The molecule has 1 aliphatic rings. The van der Waals surface area contributed by atoms with Crippen molar-refractivity contribution in [2.45, 2.75) is 26.7 Å². The minimum atomic E-state index is -0.128. The van der Waals surface area contributed by atoms with E-state index in [1.807, 2.05) is 18.7 Å². The molecule has 0 amide bonds. The lowest BCUT2D eigenvalue weighted by Crippen LogP contribution is -2.40. The Hall–Kier alpha value is -1.85. The van der Waals surface area contributed by atoms with Crippen molar-refractivity contribution < 1.29 is 14.3 Å². The van der Waals surface area contributed by atoms with Gasteiger partial charge in [0.05, 0.1) is 19.6 Å². The zero-order chi connectivity index (χ0) is 14.5. The molecule has 0 spiro atoms. The predicted octanol–water partition coefficient (Wildman–Crippen LogP) is 1.57. The number of piperidine rings is 1. The summed E-state index contributed by atoms with van der Waals surface area (Å²) in [7, 11) is 1.59. The van der Waals surface area contributed by atoms with Gasteiger partial charge in [-0.25, -0.2) is 4.98 Å². The molecular weight excluding hydrogens is 258 g/mol. The minimum absolute atomic E-state index is 0.0983. The molecule has 1 unspecified atom stereocenters. The highest BCUT2D eigenvalue weighted by Crippen LogP contribution is 2.23. The van der Waals surface area contributed by atoms with Gasteiger partial charge in [0, 0.05) is 24.8 Å². The van der Waals surface area contributed by atoms with Crippen molar-refractivity contribution in [2.75, 3.05) is 31.7 Å². The zero-order valence-electron chi connectivity index (χ0n) is 12.3. The highest BCUT2D eigenvalue weighted by molar-refractivity contribution is 5.73. The molecule has 2 heterocycles. The highest BCUT2D eigenvalue weighted by atomic mass is 16.5. The lowest BCUT2D eigenvalue weighted by atomic mass is 9.98. The summed E-state index contributed by atoms with van der Waals surface area (Å²) in [5.74, 6) is 0.942. The van der Waals surface area contributed by atoms with Gasteiger partial charge in [0.2, 0.25) is 11.8 Å². The molecule has 1 saturated heterocycles. The van der Waals surface area contributed by atoms with Crippen molar-refractivity contribution in [1.29, 1.82) is 0 Å². The van der Waals surface area contributed by atoms with Gasteiger partial charge in [-0.2, -0.15) is 4.98 Å². The van der Waals surface area contributed by atoms with Crippen LogP contribution >= 0.6 is 0 Å². The number of rotatable bonds is 4. The summed E-state index contributed by atoms with van der Waals surface area (Å²) < 4.78 is 10.3.